The van der Waals surface area contributed by atoms with Gasteiger partial charge >= 0.3 is 12.0 Å². The fourth-order valence-electron chi connectivity index (χ4n) is 2.00. The monoisotopic (exact) mass is 311 g/mol. The Hall–Kier alpha value is -2.51. The van der Waals surface area contributed by atoms with E-state index in [2.05, 4.69) is 5.32 Å². The van der Waals surface area contributed by atoms with Crippen LogP contribution in [0.25, 0.3) is 0 Å². The van der Waals surface area contributed by atoms with Gasteiger partial charge in [0.05, 0.1) is 6.61 Å². The number of anilines is 1. The highest BCUT2D eigenvalue weighted by Crippen LogP contribution is 2.27. The number of furan rings is 1. The Morgan fingerprint density at radius 2 is 1.77 bits per heavy atom. The first-order chi connectivity index (χ1) is 10.4. The van der Waals surface area contributed by atoms with Gasteiger partial charge in [-0.15, -0.1) is 0 Å². The molecule has 0 aliphatic heterocycles. The highest BCUT2D eigenvalue weighted by molar-refractivity contribution is 6.10. The largest absolute Gasteiger partial charge is 0.462 e. The van der Waals surface area contributed by atoms with Crippen molar-refractivity contribution >= 4 is 23.8 Å². The number of nitrogens with two attached hydrogens (primary N) is 1. The summed E-state index contributed by atoms with van der Waals surface area (Å²) in [7, 11) is 0. The Morgan fingerprint density at radius 1 is 1.18 bits per heavy atom. The average Bonchev–Trinajstić information content (AvgIpc) is 2.76. The Kier molecular flexibility index (Phi) is 5.97. The highest BCUT2D eigenvalue weighted by atomic mass is 16.5. The summed E-state index contributed by atoms with van der Waals surface area (Å²) < 4.78 is 10.2. The predicted molar refractivity (Wildman–Crippen MR) is 79.9 cm³/mol. The SMILES string of the molecule is CCOC(=O)c1c(C)oc(NC(=O)N(CC)CC)c1C(N)=O. The standard InChI is InChI=1S/C14H21N3O5/c1-5-17(6-2)14(20)16-12-10(11(15)18)9(8(4)22-12)13(19)21-7-3/h5-7H2,1-4H3,(H2,15,18)(H,16,20). The molecule has 3 amide bonds. The van der Waals surface area contributed by atoms with Crippen LogP contribution in [0.4, 0.5) is 10.7 Å². The van der Waals surface area contributed by atoms with Crippen molar-refractivity contribution in [1.82, 2.24) is 4.90 Å². The molecule has 0 atom stereocenters. The molecule has 0 unspecified atom stereocenters. The summed E-state index contributed by atoms with van der Waals surface area (Å²) >= 11 is 0. The predicted octanol–water partition coefficient (Wildman–Crippen LogP) is 1.74. The van der Waals surface area contributed by atoms with Gasteiger partial charge in [0.1, 0.15) is 16.9 Å². The van der Waals surface area contributed by atoms with Crippen LogP contribution < -0.4 is 11.1 Å². The number of carbonyl (C=O) groups is 3. The average molecular weight is 311 g/mol. The minimum absolute atomic E-state index is 0.0656. The Balaban J connectivity index is 3.21. The molecule has 0 aliphatic carbocycles. The van der Waals surface area contributed by atoms with Crippen molar-refractivity contribution in [3.05, 3.63) is 16.9 Å². The maximum Gasteiger partial charge on any atom is 0.342 e. The summed E-state index contributed by atoms with van der Waals surface area (Å²) in [5.41, 5.74) is 5.06. The molecule has 0 saturated heterocycles. The first-order valence-corrected chi connectivity index (χ1v) is 7.03. The molecule has 0 aromatic carbocycles. The van der Waals surface area contributed by atoms with Gasteiger partial charge in [-0.25, -0.2) is 9.59 Å². The number of aryl methyl sites for hydroxylation is 1. The number of amides is 3. The summed E-state index contributed by atoms with van der Waals surface area (Å²) in [5.74, 6) is -1.59. The maximum atomic E-state index is 12.1. The topological polar surface area (TPSA) is 115 Å². The number of hydrogen-bond acceptors (Lipinski definition) is 5. The molecule has 0 bridgehead atoms. The highest BCUT2D eigenvalue weighted by Gasteiger charge is 2.29. The summed E-state index contributed by atoms with van der Waals surface area (Å²) in [4.78, 5) is 37.1. The third-order valence-corrected chi connectivity index (χ3v) is 3.08. The van der Waals surface area contributed by atoms with E-state index < -0.39 is 17.9 Å². The van der Waals surface area contributed by atoms with Gasteiger partial charge in [0.2, 0.25) is 5.88 Å². The number of primary amides is 1. The van der Waals surface area contributed by atoms with Crippen LogP contribution in [0.1, 0.15) is 47.2 Å². The van der Waals surface area contributed by atoms with Crippen molar-refractivity contribution in [2.24, 2.45) is 5.73 Å². The van der Waals surface area contributed by atoms with Crippen molar-refractivity contribution in [2.75, 3.05) is 25.0 Å². The van der Waals surface area contributed by atoms with E-state index in [4.69, 9.17) is 14.9 Å². The van der Waals surface area contributed by atoms with Gasteiger partial charge in [-0.3, -0.25) is 10.1 Å². The first kappa shape index (κ1) is 17.5. The Morgan fingerprint density at radius 3 is 2.23 bits per heavy atom. The van der Waals surface area contributed by atoms with E-state index >= 15 is 0 Å². The molecule has 0 fully saturated rings. The van der Waals surface area contributed by atoms with Crippen molar-refractivity contribution in [3.8, 4) is 0 Å². The van der Waals surface area contributed by atoms with Crippen molar-refractivity contribution in [1.29, 1.82) is 0 Å². The summed E-state index contributed by atoms with van der Waals surface area (Å²) in [6.45, 7) is 7.87. The fourth-order valence-corrected chi connectivity index (χ4v) is 2.00. The second kappa shape index (κ2) is 7.48. The van der Waals surface area contributed by atoms with E-state index in [1.165, 1.54) is 11.8 Å². The summed E-state index contributed by atoms with van der Waals surface area (Å²) in [6, 6.07) is -0.448. The van der Waals surface area contributed by atoms with Crippen molar-refractivity contribution < 1.29 is 23.5 Å². The smallest absolute Gasteiger partial charge is 0.342 e. The van der Waals surface area contributed by atoms with Gasteiger partial charge in [0.15, 0.2) is 0 Å². The Labute approximate surface area is 128 Å². The van der Waals surface area contributed by atoms with Crippen LogP contribution in [0.3, 0.4) is 0 Å². The number of urea groups is 1. The van der Waals surface area contributed by atoms with E-state index in [9.17, 15) is 14.4 Å². The molecule has 3 N–H and O–H groups in total. The van der Waals surface area contributed by atoms with E-state index in [1.807, 2.05) is 13.8 Å². The van der Waals surface area contributed by atoms with Crippen molar-refractivity contribution in [3.63, 3.8) is 0 Å². The minimum atomic E-state index is -0.880. The van der Waals surface area contributed by atoms with Gasteiger partial charge in [-0.2, -0.15) is 0 Å². The Bertz CT molecular complexity index is 575. The quantitative estimate of drug-likeness (QED) is 0.776. The van der Waals surface area contributed by atoms with Gasteiger partial charge in [0, 0.05) is 13.1 Å². The fraction of sp³-hybridized carbons (Fsp3) is 0.500. The number of carbonyl (C=O) groups excluding carboxylic acids is 3. The molecule has 0 radical (unpaired) electrons. The number of ether oxygens (including phenoxy) is 1. The van der Waals surface area contributed by atoms with Crippen LogP contribution in [0.15, 0.2) is 4.42 Å². The van der Waals surface area contributed by atoms with Gasteiger partial charge in [0.25, 0.3) is 5.91 Å². The maximum absolute atomic E-state index is 12.1. The molecular weight excluding hydrogens is 290 g/mol. The molecule has 122 valence electrons. The molecule has 8 heteroatoms. The molecule has 0 aliphatic rings. The van der Waals surface area contributed by atoms with Crippen LogP contribution in [-0.2, 0) is 4.74 Å². The van der Waals surface area contributed by atoms with E-state index in [0.29, 0.717) is 13.1 Å². The number of hydrogen-bond donors (Lipinski definition) is 2. The molecule has 0 saturated carbocycles. The number of nitrogens with zero attached hydrogens (tertiary/aromatic N) is 1. The lowest BCUT2D eigenvalue weighted by Gasteiger charge is -2.18. The first-order valence-electron chi connectivity index (χ1n) is 7.03. The second-order valence-electron chi connectivity index (χ2n) is 4.42. The van der Waals surface area contributed by atoms with Crippen LogP contribution in [-0.4, -0.2) is 42.5 Å². The van der Waals surface area contributed by atoms with Crippen LogP contribution in [0.2, 0.25) is 0 Å². The van der Waals surface area contributed by atoms with Crippen LogP contribution >= 0.6 is 0 Å². The molecule has 8 nitrogen and oxygen atoms in total. The van der Waals surface area contributed by atoms with Gasteiger partial charge in [-0.1, -0.05) is 0 Å². The number of rotatable bonds is 6. The minimum Gasteiger partial charge on any atom is -0.462 e. The van der Waals surface area contributed by atoms with Gasteiger partial charge < -0.3 is 19.8 Å². The zero-order chi connectivity index (χ0) is 16.9. The summed E-state index contributed by atoms with van der Waals surface area (Å²) in [5, 5.41) is 2.46. The van der Waals surface area contributed by atoms with E-state index in [0.717, 1.165) is 0 Å². The van der Waals surface area contributed by atoms with Crippen LogP contribution in [0, 0.1) is 6.92 Å². The third-order valence-electron chi connectivity index (χ3n) is 3.08. The molecule has 1 aromatic heterocycles. The van der Waals surface area contributed by atoms with E-state index in [-0.39, 0.29) is 29.4 Å². The molecule has 1 rings (SSSR count). The van der Waals surface area contributed by atoms with Gasteiger partial charge in [-0.05, 0) is 27.7 Å². The zero-order valence-electron chi connectivity index (χ0n) is 13.2. The molecule has 1 aromatic rings. The molecule has 0 spiro atoms. The summed E-state index contributed by atoms with van der Waals surface area (Å²) in [6.07, 6.45) is 0. The lowest BCUT2D eigenvalue weighted by molar-refractivity contribution is 0.0521. The molecule has 1 heterocycles. The second-order valence-corrected chi connectivity index (χ2v) is 4.42. The van der Waals surface area contributed by atoms with E-state index in [1.54, 1.807) is 6.92 Å². The molecule has 22 heavy (non-hydrogen) atoms. The van der Waals surface area contributed by atoms with Crippen molar-refractivity contribution in [2.45, 2.75) is 27.7 Å². The normalized spacial score (nSPS) is 10.2. The lowest BCUT2D eigenvalue weighted by atomic mass is 10.1. The third kappa shape index (κ3) is 3.57. The lowest BCUT2D eigenvalue weighted by Crippen LogP contribution is -2.35. The zero-order valence-corrected chi connectivity index (χ0v) is 13.2. The number of nitrogens with one attached hydrogen (secondary N) is 1. The number of esters is 1. The van der Waals surface area contributed by atoms with Crippen LogP contribution in [0.5, 0.6) is 0 Å². The molecular formula is C14H21N3O5.